The zero-order valence-electron chi connectivity index (χ0n) is 12.6. The van der Waals surface area contributed by atoms with Crippen molar-refractivity contribution >= 4 is 23.6 Å². The third kappa shape index (κ3) is 3.49. The predicted molar refractivity (Wildman–Crippen MR) is 83.7 cm³/mol. The molecule has 0 aromatic heterocycles. The lowest BCUT2D eigenvalue weighted by atomic mass is 10.2. The highest BCUT2D eigenvalue weighted by molar-refractivity contribution is 8.00. The molecule has 124 valence electrons. The second-order valence-electron chi connectivity index (χ2n) is 5.75. The topological polar surface area (TPSA) is 40.6 Å². The van der Waals surface area contributed by atoms with E-state index in [0.717, 1.165) is 32.0 Å². The first-order valence-corrected chi connectivity index (χ1v) is 8.75. The minimum absolute atomic E-state index is 0.0329. The van der Waals surface area contributed by atoms with E-state index in [2.05, 4.69) is 0 Å². The molecular formula is C16H18F2N2O2S. The SMILES string of the molecule is O=C(CCN1C(=O)CS[C@H]1c1ccc(F)cc1F)N1CCCC1. The molecule has 2 heterocycles. The van der Waals surface area contributed by atoms with Crippen LogP contribution in [0.1, 0.15) is 30.2 Å². The fourth-order valence-corrected chi connectivity index (χ4v) is 4.24. The van der Waals surface area contributed by atoms with E-state index in [1.54, 1.807) is 4.90 Å². The third-order valence-electron chi connectivity index (χ3n) is 4.22. The van der Waals surface area contributed by atoms with Gasteiger partial charge in [-0.2, -0.15) is 0 Å². The van der Waals surface area contributed by atoms with E-state index in [1.807, 2.05) is 0 Å². The highest BCUT2D eigenvalue weighted by Crippen LogP contribution is 2.39. The van der Waals surface area contributed by atoms with Crippen LogP contribution in [0.3, 0.4) is 0 Å². The van der Waals surface area contributed by atoms with Gasteiger partial charge in [-0.25, -0.2) is 8.78 Å². The standard InChI is InChI=1S/C16H18F2N2O2S/c17-11-3-4-12(13(18)9-11)16-20(15(22)10-23-16)8-5-14(21)19-6-1-2-7-19/h3-4,9,16H,1-2,5-8,10H2/t16-/m0/s1. The Bertz CT molecular complexity index is 620. The molecule has 0 bridgehead atoms. The van der Waals surface area contributed by atoms with Crippen LogP contribution in [-0.4, -0.2) is 47.0 Å². The van der Waals surface area contributed by atoms with Gasteiger partial charge in [0.05, 0.1) is 5.75 Å². The maximum atomic E-state index is 14.0. The molecule has 2 saturated heterocycles. The number of carbonyl (C=O) groups is 2. The van der Waals surface area contributed by atoms with Crippen molar-refractivity contribution in [2.75, 3.05) is 25.4 Å². The lowest BCUT2D eigenvalue weighted by Crippen LogP contribution is -2.35. The van der Waals surface area contributed by atoms with Crippen molar-refractivity contribution in [3.05, 3.63) is 35.4 Å². The average Bonchev–Trinajstić information content (AvgIpc) is 3.15. The van der Waals surface area contributed by atoms with Crippen LogP contribution >= 0.6 is 11.8 Å². The van der Waals surface area contributed by atoms with Crippen molar-refractivity contribution in [1.29, 1.82) is 0 Å². The molecule has 1 aromatic carbocycles. The number of halogens is 2. The van der Waals surface area contributed by atoms with E-state index in [9.17, 15) is 18.4 Å². The summed E-state index contributed by atoms with van der Waals surface area (Å²) in [5.74, 6) is -1.13. The molecule has 2 aliphatic heterocycles. The van der Waals surface area contributed by atoms with Crippen LogP contribution in [0.2, 0.25) is 0 Å². The van der Waals surface area contributed by atoms with E-state index in [1.165, 1.54) is 28.8 Å². The summed E-state index contributed by atoms with van der Waals surface area (Å²) in [7, 11) is 0. The summed E-state index contributed by atoms with van der Waals surface area (Å²) in [6, 6.07) is 3.39. The zero-order chi connectivity index (χ0) is 16.4. The summed E-state index contributed by atoms with van der Waals surface area (Å²) in [5, 5.41) is -0.491. The number of likely N-dealkylation sites (tertiary alicyclic amines) is 1. The van der Waals surface area contributed by atoms with E-state index >= 15 is 0 Å². The Morgan fingerprint density at radius 3 is 2.70 bits per heavy atom. The van der Waals surface area contributed by atoms with E-state index in [0.29, 0.717) is 0 Å². The van der Waals surface area contributed by atoms with Crippen molar-refractivity contribution in [1.82, 2.24) is 9.80 Å². The molecule has 0 N–H and O–H groups in total. The second kappa shape index (κ2) is 6.86. The molecule has 0 unspecified atom stereocenters. The van der Waals surface area contributed by atoms with E-state index in [4.69, 9.17) is 0 Å². The monoisotopic (exact) mass is 340 g/mol. The molecule has 2 aliphatic rings. The molecule has 7 heteroatoms. The summed E-state index contributed by atoms with van der Waals surface area (Å²) >= 11 is 1.30. The quantitative estimate of drug-likeness (QED) is 0.846. The van der Waals surface area contributed by atoms with Crippen LogP contribution in [0, 0.1) is 11.6 Å². The predicted octanol–water partition coefficient (Wildman–Crippen LogP) is 2.55. The fraction of sp³-hybridized carbons (Fsp3) is 0.500. The smallest absolute Gasteiger partial charge is 0.233 e. The Balaban J connectivity index is 1.68. The Hall–Kier alpha value is -1.63. The fourth-order valence-electron chi connectivity index (χ4n) is 3.00. The molecule has 0 saturated carbocycles. The number of benzene rings is 1. The molecule has 0 radical (unpaired) electrons. The molecule has 1 aromatic rings. The van der Waals surface area contributed by atoms with Crippen LogP contribution in [0.25, 0.3) is 0 Å². The first-order chi connectivity index (χ1) is 11.1. The van der Waals surface area contributed by atoms with Gasteiger partial charge in [0.25, 0.3) is 0 Å². The summed E-state index contributed by atoms with van der Waals surface area (Å²) in [4.78, 5) is 27.5. The van der Waals surface area contributed by atoms with Gasteiger partial charge < -0.3 is 9.80 Å². The first kappa shape index (κ1) is 16.2. The van der Waals surface area contributed by atoms with Crippen molar-refractivity contribution in [3.8, 4) is 0 Å². The molecule has 23 heavy (non-hydrogen) atoms. The maximum Gasteiger partial charge on any atom is 0.233 e. The molecule has 2 fully saturated rings. The normalized spacial score (nSPS) is 21.3. The second-order valence-corrected chi connectivity index (χ2v) is 6.82. The first-order valence-electron chi connectivity index (χ1n) is 7.70. The van der Waals surface area contributed by atoms with Crippen LogP contribution in [0.4, 0.5) is 8.78 Å². The number of amides is 2. The van der Waals surface area contributed by atoms with Crippen molar-refractivity contribution < 1.29 is 18.4 Å². The third-order valence-corrected chi connectivity index (χ3v) is 5.46. The van der Waals surface area contributed by atoms with Crippen LogP contribution in [-0.2, 0) is 9.59 Å². The number of hydrogen-bond donors (Lipinski definition) is 0. The van der Waals surface area contributed by atoms with Gasteiger partial charge in [-0.15, -0.1) is 11.8 Å². The van der Waals surface area contributed by atoms with E-state index in [-0.39, 0.29) is 36.1 Å². The highest BCUT2D eigenvalue weighted by Gasteiger charge is 2.35. The maximum absolute atomic E-state index is 14.0. The number of hydrogen-bond acceptors (Lipinski definition) is 3. The molecule has 0 aliphatic carbocycles. The van der Waals surface area contributed by atoms with Crippen LogP contribution in [0.15, 0.2) is 18.2 Å². The lowest BCUT2D eigenvalue weighted by Gasteiger charge is -2.25. The van der Waals surface area contributed by atoms with Crippen molar-refractivity contribution in [2.45, 2.75) is 24.6 Å². The molecule has 1 atom stereocenters. The van der Waals surface area contributed by atoms with E-state index < -0.39 is 17.0 Å². The summed E-state index contributed by atoms with van der Waals surface area (Å²) in [6.07, 6.45) is 2.28. The van der Waals surface area contributed by atoms with Crippen molar-refractivity contribution in [3.63, 3.8) is 0 Å². The number of rotatable bonds is 4. The van der Waals surface area contributed by atoms with Gasteiger partial charge in [0.1, 0.15) is 17.0 Å². The molecule has 3 rings (SSSR count). The Labute approximate surface area is 137 Å². The van der Waals surface area contributed by atoms with Gasteiger partial charge in [-0.3, -0.25) is 9.59 Å². The van der Waals surface area contributed by atoms with Crippen LogP contribution in [0.5, 0.6) is 0 Å². The van der Waals surface area contributed by atoms with Gasteiger partial charge in [0, 0.05) is 37.7 Å². The Kier molecular flexibility index (Phi) is 4.84. The highest BCUT2D eigenvalue weighted by atomic mass is 32.2. The van der Waals surface area contributed by atoms with Gasteiger partial charge in [-0.05, 0) is 18.9 Å². The van der Waals surface area contributed by atoms with Gasteiger partial charge in [0.15, 0.2) is 0 Å². The summed E-state index contributed by atoms with van der Waals surface area (Å²) < 4.78 is 27.0. The summed E-state index contributed by atoms with van der Waals surface area (Å²) in [6.45, 7) is 1.82. The molecule has 2 amide bonds. The lowest BCUT2D eigenvalue weighted by molar-refractivity contribution is -0.132. The minimum atomic E-state index is -0.659. The Morgan fingerprint density at radius 2 is 2.00 bits per heavy atom. The Morgan fingerprint density at radius 1 is 1.26 bits per heavy atom. The number of carbonyl (C=O) groups excluding carboxylic acids is 2. The van der Waals surface area contributed by atoms with Crippen LogP contribution < -0.4 is 0 Å². The minimum Gasteiger partial charge on any atom is -0.343 e. The number of nitrogens with zero attached hydrogens (tertiary/aromatic N) is 2. The van der Waals surface area contributed by atoms with Gasteiger partial charge in [-0.1, -0.05) is 6.07 Å². The molecule has 4 nitrogen and oxygen atoms in total. The van der Waals surface area contributed by atoms with Gasteiger partial charge >= 0.3 is 0 Å². The van der Waals surface area contributed by atoms with Crippen molar-refractivity contribution in [2.24, 2.45) is 0 Å². The summed E-state index contributed by atoms with van der Waals surface area (Å²) in [5.41, 5.74) is 0.288. The number of thioether (sulfide) groups is 1. The molecule has 0 spiro atoms. The average molecular weight is 340 g/mol. The van der Waals surface area contributed by atoms with Gasteiger partial charge in [0.2, 0.25) is 11.8 Å². The zero-order valence-corrected chi connectivity index (χ0v) is 13.5. The molecular weight excluding hydrogens is 322 g/mol. The largest absolute Gasteiger partial charge is 0.343 e.